The molecule has 0 bridgehead atoms. The molecule has 1 saturated heterocycles. The van der Waals surface area contributed by atoms with Crippen molar-refractivity contribution < 1.29 is 14.7 Å². The second kappa shape index (κ2) is 6.43. The topological polar surface area (TPSA) is 80.3 Å². The number of nitrogens with two attached hydrogens (primary N) is 1. The molecule has 20 heavy (non-hydrogen) atoms. The summed E-state index contributed by atoms with van der Waals surface area (Å²) < 4.78 is 11.7. The molecule has 0 saturated carbocycles. The fourth-order valence-corrected chi connectivity index (χ4v) is 2.80. The fourth-order valence-electron chi connectivity index (χ4n) is 2.44. The lowest BCUT2D eigenvalue weighted by atomic mass is 10.1. The summed E-state index contributed by atoms with van der Waals surface area (Å²) in [5, 5.41) is 12.0. The van der Waals surface area contributed by atoms with Crippen LogP contribution in [0.4, 0.5) is 5.69 Å². The summed E-state index contributed by atoms with van der Waals surface area (Å²) in [7, 11) is 3.35. The fraction of sp³-hybridized carbons (Fsp3) is 0.462. The zero-order chi connectivity index (χ0) is 14.7. The molecule has 0 radical (unpaired) electrons. The molecule has 6 nitrogen and oxygen atoms in total. The second-order valence-corrected chi connectivity index (χ2v) is 5.52. The maximum absolute atomic E-state index is 8.92. The van der Waals surface area contributed by atoms with Crippen molar-refractivity contribution in [3.63, 3.8) is 0 Å². The molecule has 2 unspecified atom stereocenters. The first kappa shape index (κ1) is 15.1. The lowest BCUT2D eigenvalue weighted by Crippen LogP contribution is -2.27. The van der Waals surface area contributed by atoms with Gasteiger partial charge in [0.15, 0.2) is 5.84 Å². The van der Waals surface area contributed by atoms with Crippen molar-refractivity contribution in [2.45, 2.75) is 12.2 Å². The number of amidine groups is 1. The van der Waals surface area contributed by atoms with Crippen molar-refractivity contribution in [3.05, 3.63) is 28.2 Å². The SMILES string of the molecule is COC1CN(c2ccc(Br)cc2/C(N)=N/O)CC1OC. The average molecular weight is 344 g/mol. The van der Waals surface area contributed by atoms with Crippen molar-refractivity contribution in [2.24, 2.45) is 10.9 Å². The van der Waals surface area contributed by atoms with E-state index in [1.165, 1.54) is 0 Å². The summed E-state index contributed by atoms with van der Waals surface area (Å²) in [4.78, 5) is 2.11. The molecule has 1 aliphatic heterocycles. The molecule has 1 aromatic rings. The molecule has 0 aromatic heterocycles. The highest BCUT2D eigenvalue weighted by Gasteiger charge is 2.34. The lowest BCUT2D eigenvalue weighted by Gasteiger charge is -2.21. The predicted molar refractivity (Wildman–Crippen MR) is 80.5 cm³/mol. The number of rotatable bonds is 4. The van der Waals surface area contributed by atoms with E-state index in [1.807, 2.05) is 18.2 Å². The highest BCUT2D eigenvalue weighted by atomic mass is 79.9. The Morgan fingerprint density at radius 2 is 1.95 bits per heavy atom. The van der Waals surface area contributed by atoms with Crippen LogP contribution < -0.4 is 10.6 Å². The Morgan fingerprint density at radius 1 is 1.35 bits per heavy atom. The molecule has 3 N–H and O–H groups in total. The van der Waals surface area contributed by atoms with Crippen LogP contribution in [0.3, 0.4) is 0 Å². The molecule has 2 atom stereocenters. The van der Waals surface area contributed by atoms with E-state index in [9.17, 15) is 0 Å². The van der Waals surface area contributed by atoms with Crippen LogP contribution in [0.1, 0.15) is 5.56 Å². The van der Waals surface area contributed by atoms with Gasteiger partial charge in [-0.1, -0.05) is 21.1 Å². The number of anilines is 1. The minimum Gasteiger partial charge on any atom is -0.409 e. The zero-order valence-corrected chi connectivity index (χ0v) is 13.0. The number of oxime groups is 1. The van der Waals surface area contributed by atoms with E-state index >= 15 is 0 Å². The van der Waals surface area contributed by atoms with Crippen LogP contribution in [-0.2, 0) is 9.47 Å². The third kappa shape index (κ3) is 2.89. The van der Waals surface area contributed by atoms with Crippen molar-refractivity contribution in [1.29, 1.82) is 0 Å². The summed E-state index contributed by atoms with van der Waals surface area (Å²) in [6, 6.07) is 5.68. The standard InChI is InChI=1S/C13H18BrN3O3/c1-19-11-6-17(7-12(11)20-2)10-4-3-8(14)5-9(10)13(15)16-18/h3-5,11-12,18H,6-7H2,1-2H3,(H2,15,16). The molecule has 1 aromatic carbocycles. The van der Waals surface area contributed by atoms with E-state index in [0.29, 0.717) is 18.7 Å². The maximum Gasteiger partial charge on any atom is 0.172 e. The first-order chi connectivity index (χ1) is 9.60. The molecule has 1 heterocycles. The summed E-state index contributed by atoms with van der Waals surface area (Å²) in [5.74, 6) is 0.0798. The van der Waals surface area contributed by atoms with Gasteiger partial charge in [-0.05, 0) is 18.2 Å². The minimum atomic E-state index is 0.00351. The third-order valence-electron chi connectivity index (χ3n) is 3.50. The maximum atomic E-state index is 8.92. The van der Waals surface area contributed by atoms with Gasteiger partial charge in [0.1, 0.15) is 12.2 Å². The van der Waals surface area contributed by atoms with Gasteiger partial charge in [0.05, 0.1) is 0 Å². The quantitative estimate of drug-likeness (QED) is 0.373. The third-order valence-corrected chi connectivity index (χ3v) is 4.00. The largest absolute Gasteiger partial charge is 0.409 e. The van der Waals surface area contributed by atoms with E-state index in [0.717, 1.165) is 10.2 Å². The summed E-state index contributed by atoms with van der Waals surface area (Å²) in [5.41, 5.74) is 7.32. The Kier molecular flexibility index (Phi) is 4.85. The van der Waals surface area contributed by atoms with Gasteiger partial charge in [-0.3, -0.25) is 0 Å². The number of methoxy groups -OCH3 is 2. The van der Waals surface area contributed by atoms with Crippen molar-refractivity contribution in [2.75, 3.05) is 32.2 Å². The van der Waals surface area contributed by atoms with Crippen LogP contribution in [0.25, 0.3) is 0 Å². The molecular formula is C13H18BrN3O3. The summed E-state index contributed by atoms with van der Waals surface area (Å²) in [6.07, 6.45) is 0.00701. The first-order valence-corrected chi connectivity index (χ1v) is 6.98. The van der Waals surface area contributed by atoms with Crippen LogP contribution in [0.5, 0.6) is 0 Å². The zero-order valence-electron chi connectivity index (χ0n) is 11.4. The van der Waals surface area contributed by atoms with Crippen molar-refractivity contribution >= 4 is 27.5 Å². The van der Waals surface area contributed by atoms with Crippen LogP contribution in [0.2, 0.25) is 0 Å². The molecule has 110 valence electrons. The molecule has 2 rings (SSSR count). The van der Waals surface area contributed by atoms with E-state index < -0.39 is 0 Å². The monoisotopic (exact) mass is 343 g/mol. The van der Waals surface area contributed by atoms with Gasteiger partial charge in [0, 0.05) is 43.0 Å². The first-order valence-electron chi connectivity index (χ1n) is 6.18. The van der Waals surface area contributed by atoms with E-state index in [1.54, 1.807) is 14.2 Å². The lowest BCUT2D eigenvalue weighted by molar-refractivity contribution is -0.00461. The van der Waals surface area contributed by atoms with Crippen LogP contribution in [-0.4, -0.2) is 50.6 Å². The van der Waals surface area contributed by atoms with E-state index in [-0.39, 0.29) is 18.0 Å². The van der Waals surface area contributed by atoms with Gasteiger partial charge >= 0.3 is 0 Å². The smallest absolute Gasteiger partial charge is 0.172 e. The Hall–Kier alpha value is -1.31. The molecule has 1 aliphatic rings. The normalized spacial score (nSPS) is 23.4. The Bertz CT molecular complexity index is 498. The van der Waals surface area contributed by atoms with Crippen molar-refractivity contribution in [3.8, 4) is 0 Å². The van der Waals surface area contributed by atoms with Gasteiger partial charge in [-0.25, -0.2) is 0 Å². The summed E-state index contributed by atoms with van der Waals surface area (Å²) >= 11 is 3.39. The number of ether oxygens (including phenoxy) is 2. The van der Waals surface area contributed by atoms with Gasteiger partial charge in [0.25, 0.3) is 0 Å². The van der Waals surface area contributed by atoms with Crippen molar-refractivity contribution in [1.82, 2.24) is 0 Å². The molecule has 7 heteroatoms. The molecule has 0 aliphatic carbocycles. The number of halogens is 1. The molecule has 1 fully saturated rings. The van der Waals surface area contributed by atoms with Crippen LogP contribution in [0.15, 0.2) is 27.8 Å². The Morgan fingerprint density at radius 3 is 2.45 bits per heavy atom. The highest BCUT2D eigenvalue weighted by molar-refractivity contribution is 9.10. The van der Waals surface area contributed by atoms with Gasteiger partial charge in [-0.2, -0.15) is 0 Å². The van der Waals surface area contributed by atoms with Gasteiger partial charge in [0.2, 0.25) is 0 Å². The number of nitrogens with zero attached hydrogens (tertiary/aromatic N) is 2. The molecular weight excluding hydrogens is 326 g/mol. The van der Waals surface area contributed by atoms with Gasteiger partial charge in [-0.15, -0.1) is 0 Å². The Labute approximate surface area is 126 Å². The molecule has 0 amide bonds. The Balaban J connectivity index is 2.34. The van der Waals surface area contributed by atoms with E-state index in [2.05, 4.69) is 26.0 Å². The number of hydrogen-bond donors (Lipinski definition) is 2. The minimum absolute atomic E-state index is 0.00351. The summed E-state index contributed by atoms with van der Waals surface area (Å²) in [6.45, 7) is 1.39. The number of hydrogen-bond acceptors (Lipinski definition) is 5. The van der Waals surface area contributed by atoms with Crippen LogP contribution >= 0.6 is 15.9 Å². The average Bonchev–Trinajstić information content (AvgIpc) is 2.89. The van der Waals surface area contributed by atoms with E-state index in [4.69, 9.17) is 20.4 Å². The van der Waals surface area contributed by atoms with Gasteiger partial charge < -0.3 is 25.3 Å². The van der Waals surface area contributed by atoms with Crippen LogP contribution in [0, 0.1) is 0 Å². The second-order valence-electron chi connectivity index (χ2n) is 4.60. The predicted octanol–water partition coefficient (Wildman–Crippen LogP) is 1.39. The molecule has 0 spiro atoms. The highest BCUT2D eigenvalue weighted by Crippen LogP contribution is 2.29. The number of benzene rings is 1.